The van der Waals surface area contributed by atoms with E-state index in [2.05, 4.69) is 41.3 Å². The van der Waals surface area contributed by atoms with E-state index in [-0.39, 0.29) is 12.5 Å². The molecular weight excluding hydrogens is 352 g/mol. The smallest absolute Gasteiger partial charge is 0.0642 e. The highest BCUT2D eigenvalue weighted by atomic mass is 79.9. The fourth-order valence-electron chi connectivity index (χ4n) is 5.31. The molecule has 2 aliphatic rings. The minimum Gasteiger partial charge on any atom is -0.393 e. The first kappa shape index (κ1) is 19.2. The summed E-state index contributed by atoms with van der Waals surface area (Å²) in [7, 11) is 0. The normalized spacial score (nSPS) is 36.5. The monoisotopic (exact) mass is 384 g/mol. The maximum Gasteiger partial charge on any atom is 0.0642 e. The van der Waals surface area contributed by atoms with Crippen LogP contribution < -0.4 is 0 Å². The number of aliphatic hydroxyl groups excluding tert-OH is 2. The highest BCUT2D eigenvalue weighted by Crippen LogP contribution is 2.60. The van der Waals surface area contributed by atoms with Gasteiger partial charge in [0.25, 0.3) is 0 Å². The van der Waals surface area contributed by atoms with Gasteiger partial charge in [-0.25, -0.2) is 0 Å². The van der Waals surface area contributed by atoms with Crippen LogP contribution in [0.5, 0.6) is 0 Å². The molecule has 3 heteroatoms. The molecular formula is C20H33BrO2. The largest absolute Gasteiger partial charge is 0.393 e. The lowest BCUT2D eigenvalue weighted by atomic mass is 9.61. The number of halogens is 1. The van der Waals surface area contributed by atoms with Crippen LogP contribution in [0.25, 0.3) is 0 Å². The summed E-state index contributed by atoms with van der Waals surface area (Å²) in [5.74, 6) is 1.87. The number of rotatable bonds is 6. The van der Waals surface area contributed by atoms with Gasteiger partial charge in [-0.2, -0.15) is 0 Å². The Kier molecular flexibility index (Phi) is 6.55. The average molecular weight is 385 g/mol. The third-order valence-electron chi connectivity index (χ3n) is 6.90. The molecule has 23 heavy (non-hydrogen) atoms. The minimum absolute atomic E-state index is 0.0307. The van der Waals surface area contributed by atoms with Crippen molar-refractivity contribution in [1.82, 2.24) is 0 Å². The summed E-state index contributed by atoms with van der Waals surface area (Å²) in [5, 5.41) is 19.8. The van der Waals surface area contributed by atoms with Crippen LogP contribution in [0.2, 0.25) is 0 Å². The molecule has 0 aliphatic heterocycles. The van der Waals surface area contributed by atoms with E-state index >= 15 is 0 Å². The molecule has 2 aliphatic carbocycles. The molecule has 6 atom stereocenters. The van der Waals surface area contributed by atoms with Gasteiger partial charge in [0.15, 0.2) is 0 Å². The summed E-state index contributed by atoms with van der Waals surface area (Å²) in [6.45, 7) is 10.6. The third-order valence-corrected chi connectivity index (χ3v) is 7.49. The predicted molar refractivity (Wildman–Crippen MR) is 100 cm³/mol. The molecule has 0 spiro atoms. The first-order valence-corrected chi connectivity index (χ1v) is 10.0. The first-order chi connectivity index (χ1) is 10.8. The lowest BCUT2D eigenvalue weighted by Crippen LogP contribution is -2.37. The quantitative estimate of drug-likeness (QED) is 0.628. The van der Waals surface area contributed by atoms with Gasteiger partial charge in [-0.15, -0.1) is 0 Å². The molecule has 2 N–H and O–H groups in total. The summed E-state index contributed by atoms with van der Waals surface area (Å²) in [6, 6.07) is 0. The molecule has 0 saturated heterocycles. The van der Waals surface area contributed by atoms with Gasteiger partial charge in [0.2, 0.25) is 0 Å². The Morgan fingerprint density at radius 1 is 1.43 bits per heavy atom. The fourth-order valence-corrected chi connectivity index (χ4v) is 5.86. The molecule has 2 rings (SSSR count). The number of aliphatic hydroxyl groups is 2. The van der Waals surface area contributed by atoms with Crippen molar-refractivity contribution < 1.29 is 10.2 Å². The molecule has 2 fully saturated rings. The number of allylic oxidation sites excluding steroid dienone is 1. The molecule has 0 heterocycles. The Labute approximate surface area is 150 Å². The van der Waals surface area contributed by atoms with E-state index in [9.17, 15) is 10.2 Å². The van der Waals surface area contributed by atoms with Crippen molar-refractivity contribution in [2.45, 2.75) is 65.4 Å². The second kappa shape index (κ2) is 7.84. The molecule has 132 valence electrons. The summed E-state index contributed by atoms with van der Waals surface area (Å²) in [4.78, 5) is 2.17. The maximum absolute atomic E-state index is 10.5. The van der Waals surface area contributed by atoms with Crippen LogP contribution >= 0.6 is 15.9 Å². The minimum atomic E-state index is -0.401. The zero-order chi connectivity index (χ0) is 17.2. The molecule has 0 aromatic carbocycles. The van der Waals surface area contributed by atoms with E-state index in [0.717, 1.165) is 12.0 Å². The topological polar surface area (TPSA) is 40.5 Å². The lowest BCUT2D eigenvalue weighted by Gasteiger charge is -2.44. The van der Waals surface area contributed by atoms with Gasteiger partial charge >= 0.3 is 0 Å². The molecule has 0 bridgehead atoms. The van der Waals surface area contributed by atoms with Crippen LogP contribution in [-0.2, 0) is 0 Å². The van der Waals surface area contributed by atoms with Crippen LogP contribution in [-0.4, -0.2) is 22.9 Å². The van der Waals surface area contributed by atoms with Gasteiger partial charge in [-0.1, -0.05) is 48.9 Å². The van der Waals surface area contributed by atoms with E-state index in [0.29, 0.717) is 23.2 Å². The van der Waals surface area contributed by atoms with Crippen molar-refractivity contribution in [3.05, 3.63) is 22.7 Å². The molecule has 0 aromatic heterocycles. The zero-order valence-corrected chi connectivity index (χ0v) is 16.5. The molecule has 0 radical (unpaired) electrons. The molecule has 0 aromatic rings. The molecule has 2 saturated carbocycles. The van der Waals surface area contributed by atoms with Crippen LogP contribution in [0, 0.1) is 29.1 Å². The van der Waals surface area contributed by atoms with E-state index in [1.807, 2.05) is 6.92 Å². The highest BCUT2D eigenvalue weighted by molar-refractivity contribution is 9.11. The second-order valence-corrected chi connectivity index (χ2v) is 8.62. The average Bonchev–Trinajstić information content (AvgIpc) is 2.90. The van der Waals surface area contributed by atoms with Crippen molar-refractivity contribution in [3.63, 3.8) is 0 Å². The number of fused-ring (bicyclic) bond motifs is 1. The highest BCUT2D eigenvalue weighted by Gasteiger charge is 2.50. The van der Waals surface area contributed by atoms with Gasteiger partial charge in [0.1, 0.15) is 0 Å². The van der Waals surface area contributed by atoms with Crippen molar-refractivity contribution in [3.8, 4) is 0 Å². The molecule has 2 nitrogen and oxygen atoms in total. The van der Waals surface area contributed by atoms with Gasteiger partial charge in [0.05, 0.1) is 12.7 Å². The van der Waals surface area contributed by atoms with Crippen LogP contribution in [0.3, 0.4) is 0 Å². The predicted octanol–water partition coefficient (Wildman–Crippen LogP) is 5.05. The Morgan fingerprint density at radius 3 is 2.74 bits per heavy atom. The van der Waals surface area contributed by atoms with Crippen LogP contribution in [0.1, 0.15) is 59.3 Å². The lowest BCUT2D eigenvalue weighted by molar-refractivity contribution is 0.0486. The summed E-state index contributed by atoms with van der Waals surface area (Å²) in [5.41, 5.74) is 2.72. The van der Waals surface area contributed by atoms with E-state index in [1.165, 1.54) is 32.1 Å². The summed E-state index contributed by atoms with van der Waals surface area (Å²) >= 11 is 3.58. The van der Waals surface area contributed by atoms with Crippen molar-refractivity contribution in [2.24, 2.45) is 29.1 Å². The van der Waals surface area contributed by atoms with Gasteiger partial charge in [-0.05, 0) is 72.3 Å². The maximum atomic E-state index is 10.5. The van der Waals surface area contributed by atoms with Crippen molar-refractivity contribution in [1.29, 1.82) is 0 Å². The summed E-state index contributed by atoms with van der Waals surface area (Å²) < 4.78 is 0. The van der Waals surface area contributed by atoms with E-state index in [1.54, 1.807) is 5.57 Å². The second-order valence-electron chi connectivity index (χ2n) is 8.17. The van der Waals surface area contributed by atoms with Crippen LogP contribution in [0.15, 0.2) is 22.7 Å². The van der Waals surface area contributed by atoms with Gasteiger partial charge in [0, 0.05) is 5.92 Å². The number of hydrogen-bond donors (Lipinski definition) is 2. The van der Waals surface area contributed by atoms with Gasteiger partial charge in [-0.3, -0.25) is 0 Å². The Hall–Kier alpha value is -0.120. The summed E-state index contributed by atoms with van der Waals surface area (Å²) in [6.07, 6.45) is 6.80. The van der Waals surface area contributed by atoms with Crippen molar-refractivity contribution >= 4 is 15.9 Å². The Balaban J connectivity index is 2.05. The number of hydrogen-bond acceptors (Lipinski definition) is 2. The fraction of sp³-hybridized carbons (Fsp3) is 0.800. The molecule has 0 amide bonds. The SMILES string of the molecule is C=C(CO)[C@@H](C)[C@H](O)C[C@@H](C)[C@H]1CC[C@H]2C(=CBr)CCC[C@]12C. The Bertz CT molecular complexity index is 459. The van der Waals surface area contributed by atoms with Crippen molar-refractivity contribution in [2.75, 3.05) is 6.61 Å². The molecule has 0 unspecified atom stereocenters. The van der Waals surface area contributed by atoms with E-state index in [4.69, 9.17) is 0 Å². The van der Waals surface area contributed by atoms with Gasteiger partial charge < -0.3 is 10.2 Å². The standard InChI is InChI=1S/C20H33BrO2/c1-13(10-19(23)15(3)14(2)12-22)17-7-8-18-16(11-21)6-5-9-20(17,18)4/h11,13,15,17-19,22-23H,2,5-10,12H2,1,3-4H3/t13-,15-,17-,18+,19-,20-/m1/s1. The zero-order valence-electron chi connectivity index (χ0n) is 14.9. The Morgan fingerprint density at radius 2 is 2.13 bits per heavy atom. The van der Waals surface area contributed by atoms with Crippen LogP contribution in [0.4, 0.5) is 0 Å². The third kappa shape index (κ3) is 3.77. The first-order valence-electron chi connectivity index (χ1n) is 9.10. The van der Waals surface area contributed by atoms with E-state index < -0.39 is 6.10 Å².